The maximum absolute atomic E-state index is 12.9. The summed E-state index contributed by atoms with van der Waals surface area (Å²) in [5, 5.41) is 15.2. The molecule has 1 aliphatic rings. The second kappa shape index (κ2) is 8.34. The summed E-state index contributed by atoms with van der Waals surface area (Å²) in [7, 11) is 0. The summed E-state index contributed by atoms with van der Waals surface area (Å²) in [5.74, 6) is -1.06. The zero-order chi connectivity index (χ0) is 22.1. The fraction of sp³-hybridized carbons (Fsp3) is 0.238. The smallest absolute Gasteiger partial charge is 0.325 e. The fourth-order valence-corrected chi connectivity index (χ4v) is 3.85. The molecule has 1 fully saturated rings. The Kier molecular flexibility index (Phi) is 6.01. The molecule has 3 rings (SSSR count). The van der Waals surface area contributed by atoms with Crippen molar-refractivity contribution in [1.82, 2.24) is 15.5 Å². The first-order chi connectivity index (χ1) is 14.2. The summed E-state index contributed by atoms with van der Waals surface area (Å²) >= 11 is 12.1. The molecule has 2 atom stereocenters. The van der Waals surface area contributed by atoms with E-state index in [2.05, 4.69) is 10.6 Å². The van der Waals surface area contributed by atoms with Crippen LogP contribution in [0.2, 0.25) is 10.0 Å². The summed E-state index contributed by atoms with van der Waals surface area (Å²) in [6, 6.07) is 12.1. The molecule has 0 bridgehead atoms. The maximum atomic E-state index is 12.9. The standard InChI is InChI=1S/C21H18Cl2N4O3/c1-12(16-8-7-15(22)9-17(16)23)25-18(28)11-27-19(29)21(2,26-20(27)30)14-5-3-13(10-24)4-6-14/h3-9,12H,11H2,1-2H3,(H,25,28)(H,26,30). The number of rotatable bonds is 5. The molecule has 154 valence electrons. The third-order valence-corrected chi connectivity index (χ3v) is 5.54. The average Bonchev–Trinajstić information content (AvgIpc) is 2.91. The number of amides is 4. The number of urea groups is 1. The lowest BCUT2D eigenvalue weighted by molar-refractivity contribution is -0.135. The molecule has 1 saturated heterocycles. The quantitative estimate of drug-likeness (QED) is 0.688. The van der Waals surface area contributed by atoms with Crippen LogP contribution in [-0.2, 0) is 15.1 Å². The van der Waals surface area contributed by atoms with Crippen molar-refractivity contribution in [1.29, 1.82) is 5.26 Å². The van der Waals surface area contributed by atoms with Gasteiger partial charge in [0.25, 0.3) is 5.91 Å². The van der Waals surface area contributed by atoms with Crippen molar-refractivity contribution in [2.24, 2.45) is 0 Å². The Bertz CT molecular complexity index is 1060. The van der Waals surface area contributed by atoms with E-state index in [1.807, 2.05) is 6.07 Å². The van der Waals surface area contributed by atoms with E-state index in [0.717, 1.165) is 4.90 Å². The molecule has 0 aliphatic carbocycles. The number of hydrogen-bond donors (Lipinski definition) is 2. The summed E-state index contributed by atoms with van der Waals surface area (Å²) in [5.41, 5.74) is 0.291. The Morgan fingerprint density at radius 3 is 2.50 bits per heavy atom. The monoisotopic (exact) mass is 444 g/mol. The molecule has 2 aromatic rings. The zero-order valence-corrected chi connectivity index (χ0v) is 17.7. The highest BCUT2D eigenvalue weighted by Gasteiger charge is 2.49. The zero-order valence-electron chi connectivity index (χ0n) is 16.2. The number of imide groups is 1. The molecule has 0 saturated carbocycles. The fourth-order valence-electron chi connectivity index (χ4n) is 3.28. The van der Waals surface area contributed by atoms with Crippen molar-refractivity contribution in [3.8, 4) is 6.07 Å². The van der Waals surface area contributed by atoms with Gasteiger partial charge in [-0.15, -0.1) is 0 Å². The average molecular weight is 445 g/mol. The predicted molar refractivity (Wildman–Crippen MR) is 112 cm³/mol. The molecule has 9 heteroatoms. The van der Waals surface area contributed by atoms with E-state index < -0.39 is 36.0 Å². The Balaban J connectivity index is 1.71. The molecule has 2 unspecified atom stereocenters. The Hall–Kier alpha value is -3.08. The first kappa shape index (κ1) is 21.6. The lowest BCUT2D eigenvalue weighted by atomic mass is 9.91. The van der Waals surface area contributed by atoms with Crippen LogP contribution in [0.25, 0.3) is 0 Å². The van der Waals surface area contributed by atoms with E-state index in [1.54, 1.807) is 56.3 Å². The van der Waals surface area contributed by atoms with Gasteiger partial charge in [0.05, 0.1) is 17.7 Å². The minimum Gasteiger partial charge on any atom is -0.348 e. The van der Waals surface area contributed by atoms with Gasteiger partial charge in [-0.05, 0) is 49.2 Å². The summed E-state index contributed by atoms with van der Waals surface area (Å²) in [6.07, 6.45) is 0. The van der Waals surface area contributed by atoms with Crippen LogP contribution >= 0.6 is 23.2 Å². The molecule has 4 amide bonds. The number of nitrogens with zero attached hydrogens (tertiary/aromatic N) is 2. The molecule has 1 aliphatic heterocycles. The van der Waals surface area contributed by atoms with Crippen LogP contribution in [0.4, 0.5) is 4.79 Å². The first-order valence-corrected chi connectivity index (χ1v) is 9.80. The van der Waals surface area contributed by atoms with Crippen LogP contribution in [0.15, 0.2) is 42.5 Å². The third-order valence-electron chi connectivity index (χ3n) is 4.97. The van der Waals surface area contributed by atoms with Crippen LogP contribution in [0.5, 0.6) is 0 Å². The number of carbonyl (C=O) groups excluding carboxylic acids is 3. The molecule has 0 spiro atoms. The highest BCUT2D eigenvalue weighted by Crippen LogP contribution is 2.29. The largest absolute Gasteiger partial charge is 0.348 e. The van der Waals surface area contributed by atoms with Crippen molar-refractivity contribution in [2.45, 2.75) is 25.4 Å². The van der Waals surface area contributed by atoms with E-state index in [-0.39, 0.29) is 0 Å². The van der Waals surface area contributed by atoms with Gasteiger partial charge in [-0.1, -0.05) is 41.4 Å². The summed E-state index contributed by atoms with van der Waals surface area (Å²) < 4.78 is 0. The molecule has 7 nitrogen and oxygen atoms in total. The van der Waals surface area contributed by atoms with Crippen LogP contribution in [0.3, 0.4) is 0 Å². The summed E-state index contributed by atoms with van der Waals surface area (Å²) in [4.78, 5) is 38.7. The Labute approximate surface area is 183 Å². The number of hydrogen-bond acceptors (Lipinski definition) is 4. The molecule has 2 N–H and O–H groups in total. The minimum absolute atomic E-state index is 0.402. The van der Waals surface area contributed by atoms with E-state index in [0.29, 0.717) is 26.7 Å². The van der Waals surface area contributed by atoms with E-state index >= 15 is 0 Å². The van der Waals surface area contributed by atoms with Gasteiger partial charge >= 0.3 is 6.03 Å². The van der Waals surface area contributed by atoms with Gasteiger partial charge in [-0.25, -0.2) is 4.79 Å². The highest BCUT2D eigenvalue weighted by atomic mass is 35.5. The van der Waals surface area contributed by atoms with Gasteiger partial charge in [0.2, 0.25) is 5.91 Å². The van der Waals surface area contributed by atoms with Gasteiger partial charge in [0.15, 0.2) is 0 Å². The van der Waals surface area contributed by atoms with Gasteiger partial charge < -0.3 is 10.6 Å². The predicted octanol–water partition coefficient (Wildman–Crippen LogP) is 3.51. The second-order valence-electron chi connectivity index (χ2n) is 7.09. The van der Waals surface area contributed by atoms with Crippen molar-refractivity contribution >= 4 is 41.0 Å². The maximum Gasteiger partial charge on any atom is 0.325 e. The topological polar surface area (TPSA) is 102 Å². The normalized spacial score (nSPS) is 19.2. The summed E-state index contributed by atoms with van der Waals surface area (Å²) in [6.45, 7) is 2.86. The lowest BCUT2D eigenvalue weighted by Crippen LogP contribution is -2.43. The Morgan fingerprint density at radius 1 is 1.23 bits per heavy atom. The lowest BCUT2D eigenvalue weighted by Gasteiger charge is -2.22. The number of nitriles is 1. The van der Waals surface area contributed by atoms with Crippen molar-refractivity contribution < 1.29 is 14.4 Å². The highest BCUT2D eigenvalue weighted by molar-refractivity contribution is 6.35. The van der Waals surface area contributed by atoms with Crippen LogP contribution < -0.4 is 10.6 Å². The van der Waals surface area contributed by atoms with Crippen LogP contribution in [-0.4, -0.2) is 29.3 Å². The molecule has 30 heavy (non-hydrogen) atoms. The molecule has 0 aromatic heterocycles. The van der Waals surface area contributed by atoms with E-state index in [4.69, 9.17) is 28.5 Å². The second-order valence-corrected chi connectivity index (χ2v) is 7.93. The molecule has 2 aromatic carbocycles. The van der Waals surface area contributed by atoms with Gasteiger partial charge in [0, 0.05) is 10.0 Å². The van der Waals surface area contributed by atoms with Gasteiger partial charge in [-0.2, -0.15) is 5.26 Å². The van der Waals surface area contributed by atoms with Crippen molar-refractivity contribution in [3.63, 3.8) is 0 Å². The van der Waals surface area contributed by atoms with Crippen LogP contribution in [0.1, 0.15) is 36.6 Å². The molecule has 1 heterocycles. The van der Waals surface area contributed by atoms with Gasteiger partial charge in [-0.3, -0.25) is 14.5 Å². The van der Waals surface area contributed by atoms with E-state index in [1.165, 1.54) is 0 Å². The van der Waals surface area contributed by atoms with E-state index in [9.17, 15) is 14.4 Å². The number of nitrogens with one attached hydrogen (secondary N) is 2. The molecular formula is C21H18Cl2N4O3. The van der Waals surface area contributed by atoms with Gasteiger partial charge in [0.1, 0.15) is 12.1 Å². The van der Waals surface area contributed by atoms with Crippen molar-refractivity contribution in [3.05, 3.63) is 69.2 Å². The Morgan fingerprint density at radius 2 is 1.90 bits per heavy atom. The minimum atomic E-state index is -1.32. The number of carbonyl (C=O) groups is 3. The molecular weight excluding hydrogens is 427 g/mol. The number of halogens is 2. The molecule has 0 radical (unpaired) electrons. The number of benzene rings is 2. The third kappa shape index (κ3) is 4.11. The van der Waals surface area contributed by atoms with Crippen molar-refractivity contribution in [2.75, 3.05) is 6.54 Å². The van der Waals surface area contributed by atoms with Crippen LogP contribution in [0, 0.1) is 11.3 Å². The first-order valence-electron chi connectivity index (χ1n) is 9.05. The SMILES string of the molecule is CC(NC(=O)CN1C(=O)NC(C)(c2ccc(C#N)cc2)C1=O)c1ccc(Cl)cc1Cl.